The van der Waals surface area contributed by atoms with Crippen LogP contribution in [0.1, 0.15) is 26.7 Å². The fourth-order valence-electron chi connectivity index (χ4n) is 1.83. The molecule has 2 N–H and O–H groups in total. The molecule has 0 aliphatic rings. The molecule has 1 aromatic carbocycles. The number of hydrogen-bond donors (Lipinski definition) is 2. The summed E-state index contributed by atoms with van der Waals surface area (Å²) in [6, 6.07) is 5.17. The highest BCUT2D eigenvalue weighted by Gasteiger charge is 2.23. The largest absolute Gasteiger partial charge is 0.480 e. The van der Waals surface area contributed by atoms with Crippen molar-refractivity contribution in [3.05, 3.63) is 30.1 Å². The van der Waals surface area contributed by atoms with E-state index in [0.717, 1.165) is 12.8 Å². The SMILES string of the molecule is CCCC(C)C(Nc1cccc(F)c1)C(=O)O. The van der Waals surface area contributed by atoms with Gasteiger partial charge in [-0.1, -0.05) is 26.3 Å². The highest BCUT2D eigenvalue weighted by molar-refractivity contribution is 5.77. The molecule has 0 fully saturated rings. The summed E-state index contributed by atoms with van der Waals surface area (Å²) in [5.74, 6) is -1.28. The van der Waals surface area contributed by atoms with Crippen LogP contribution in [0.25, 0.3) is 0 Å². The van der Waals surface area contributed by atoms with E-state index in [-0.39, 0.29) is 11.7 Å². The number of carboxylic acids is 1. The van der Waals surface area contributed by atoms with Crippen LogP contribution in [0, 0.1) is 11.7 Å². The lowest BCUT2D eigenvalue weighted by Gasteiger charge is -2.22. The molecule has 1 aromatic rings. The maximum Gasteiger partial charge on any atom is 0.326 e. The molecular weight excluding hydrogens is 221 g/mol. The molecule has 0 saturated heterocycles. The van der Waals surface area contributed by atoms with Gasteiger partial charge in [-0.25, -0.2) is 9.18 Å². The van der Waals surface area contributed by atoms with Crippen molar-refractivity contribution >= 4 is 11.7 Å². The van der Waals surface area contributed by atoms with Crippen molar-refractivity contribution in [3.8, 4) is 0 Å². The third-order valence-corrected chi connectivity index (χ3v) is 2.73. The van der Waals surface area contributed by atoms with Crippen molar-refractivity contribution < 1.29 is 14.3 Å². The number of aliphatic carboxylic acids is 1. The van der Waals surface area contributed by atoms with E-state index in [2.05, 4.69) is 5.32 Å². The monoisotopic (exact) mass is 239 g/mol. The minimum absolute atomic E-state index is 0.000711. The van der Waals surface area contributed by atoms with Gasteiger partial charge in [-0.15, -0.1) is 0 Å². The Morgan fingerprint density at radius 3 is 2.76 bits per heavy atom. The Morgan fingerprint density at radius 1 is 1.53 bits per heavy atom. The molecule has 0 saturated carbocycles. The molecule has 0 aliphatic heterocycles. The van der Waals surface area contributed by atoms with E-state index in [1.165, 1.54) is 12.1 Å². The first-order chi connectivity index (χ1) is 8.04. The third kappa shape index (κ3) is 4.06. The molecule has 0 aliphatic carbocycles. The Kier molecular flexibility index (Phi) is 4.94. The molecule has 4 heteroatoms. The van der Waals surface area contributed by atoms with Gasteiger partial charge in [0.05, 0.1) is 0 Å². The lowest BCUT2D eigenvalue weighted by molar-refractivity contribution is -0.139. The molecule has 0 aromatic heterocycles. The maximum atomic E-state index is 13.0. The smallest absolute Gasteiger partial charge is 0.326 e. The van der Waals surface area contributed by atoms with Crippen molar-refractivity contribution in [1.29, 1.82) is 0 Å². The summed E-state index contributed by atoms with van der Waals surface area (Å²) in [5.41, 5.74) is 0.500. The summed E-state index contributed by atoms with van der Waals surface area (Å²) in [7, 11) is 0. The fraction of sp³-hybridized carbons (Fsp3) is 0.462. The first-order valence-electron chi connectivity index (χ1n) is 5.79. The number of nitrogens with one attached hydrogen (secondary N) is 1. The predicted molar refractivity (Wildman–Crippen MR) is 65.5 cm³/mol. The van der Waals surface area contributed by atoms with Crippen LogP contribution < -0.4 is 5.32 Å². The van der Waals surface area contributed by atoms with Gasteiger partial charge in [-0.3, -0.25) is 0 Å². The van der Waals surface area contributed by atoms with Crippen LogP contribution >= 0.6 is 0 Å². The summed E-state index contributed by atoms with van der Waals surface area (Å²) in [6.45, 7) is 3.90. The highest BCUT2D eigenvalue weighted by atomic mass is 19.1. The molecule has 0 amide bonds. The van der Waals surface area contributed by atoms with E-state index < -0.39 is 12.0 Å². The first kappa shape index (κ1) is 13.5. The number of carboxylic acid groups (broad SMARTS) is 1. The van der Waals surface area contributed by atoms with Crippen LogP contribution in [0.15, 0.2) is 24.3 Å². The van der Waals surface area contributed by atoms with Gasteiger partial charge in [0.15, 0.2) is 0 Å². The normalized spacial score (nSPS) is 14.1. The molecular formula is C13H18FNO2. The van der Waals surface area contributed by atoms with Crippen LogP contribution in [0.3, 0.4) is 0 Å². The van der Waals surface area contributed by atoms with E-state index in [1.807, 2.05) is 13.8 Å². The zero-order valence-electron chi connectivity index (χ0n) is 10.1. The van der Waals surface area contributed by atoms with Crippen molar-refractivity contribution in [3.63, 3.8) is 0 Å². The highest BCUT2D eigenvalue weighted by Crippen LogP contribution is 2.17. The molecule has 0 spiro atoms. The zero-order chi connectivity index (χ0) is 12.8. The van der Waals surface area contributed by atoms with Gasteiger partial charge in [0, 0.05) is 5.69 Å². The summed E-state index contributed by atoms with van der Waals surface area (Å²) in [5, 5.41) is 12.0. The van der Waals surface area contributed by atoms with Crippen molar-refractivity contribution in [2.75, 3.05) is 5.32 Å². The zero-order valence-corrected chi connectivity index (χ0v) is 10.1. The van der Waals surface area contributed by atoms with E-state index in [4.69, 9.17) is 5.11 Å². The minimum Gasteiger partial charge on any atom is -0.480 e. The Bertz CT molecular complexity index is 381. The van der Waals surface area contributed by atoms with E-state index in [1.54, 1.807) is 12.1 Å². The molecule has 0 bridgehead atoms. The third-order valence-electron chi connectivity index (χ3n) is 2.73. The second kappa shape index (κ2) is 6.23. The summed E-state index contributed by atoms with van der Waals surface area (Å²) < 4.78 is 13.0. The van der Waals surface area contributed by atoms with E-state index in [0.29, 0.717) is 5.69 Å². The molecule has 3 nitrogen and oxygen atoms in total. The lowest BCUT2D eigenvalue weighted by Crippen LogP contribution is -2.35. The fourth-order valence-corrected chi connectivity index (χ4v) is 1.83. The Balaban J connectivity index is 2.76. The van der Waals surface area contributed by atoms with Gasteiger partial charge in [-0.2, -0.15) is 0 Å². The summed E-state index contributed by atoms with van der Waals surface area (Å²) in [4.78, 5) is 11.1. The Morgan fingerprint density at radius 2 is 2.24 bits per heavy atom. The average molecular weight is 239 g/mol. The van der Waals surface area contributed by atoms with E-state index >= 15 is 0 Å². The van der Waals surface area contributed by atoms with Crippen molar-refractivity contribution in [2.24, 2.45) is 5.92 Å². The Labute approximate surface area is 101 Å². The number of benzene rings is 1. The number of rotatable bonds is 6. The first-order valence-corrected chi connectivity index (χ1v) is 5.79. The number of carbonyl (C=O) groups is 1. The lowest BCUT2D eigenvalue weighted by atomic mass is 9.96. The molecule has 17 heavy (non-hydrogen) atoms. The van der Waals surface area contributed by atoms with Gasteiger partial charge in [0.1, 0.15) is 11.9 Å². The van der Waals surface area contributed by atoms with Gasteiger partial charge >= 0.3 is 5.97 Å². The van der Waals surface area contributed by atoms with Gasteiger partial charge in [0.25, 0.3) is 0 Å². The summed E-state index contributed by atoms with van der Waals surface area (Å²) in [6.07, 6.45) is 1.75. The Hall–Kier alpha value is -1.58. The number of hydrogen-bond acceptors (Lipinski definition) is 2. The van der Waals surface area contributed by atoms with Crippen molar-refractivity contribution in [2.45, 2.75) is 32.7 Å². The topological polar surface area (TPSA) is 49.3 Å². The number of anilines is 1. The number of halogens is 1. The maximum absolute atomic E-state index is 13.0. The van der Waals surface area contributed by atoms with E-state index in [9.17, 15) is 9.18 Å². The molecule has 0 radical (unpaired) electrons. The average Bonchev–Trinajstić information content (AvgIpc) is 2.26. The van der Waals surface area contributed by atoms with Crippen molar-refractivity contribution in [1.82, 2.24) is 0 Å². The standard InChI is InChI=1S/C13H18FNO2/c1-3-5-9(2)12(13(16)17)15-11-7-4-6-10(14)8-11/h4,6-9,12,15H,3,5H2,1-2H3,(H,16,17). The van der Waals surface area contributed by atoms with Crippen LogP contribution in [-0.2, 0) is 4.79 Å². The van der Waals surface area contributed by atoms with Gasteiger partial charge in [0.2, 0.25) is 0 Å². The van der Waals surface area contributed by atoms with Crippen LogP contribution in [0.4, 0.5) is 10.1 Å². The van der Waals surface area contributed by atoms with Crippen LogP contribution in [0.2, 0.25) is 0 Å². The molecule has 94 valence electrons. The second-order valence-corrected chi connectivity index (χ2v) is 4.24. The van der Waals surface area contributed by atoms with Gasteiger partial charge < -0.3 is 10.4 Å². The van der Waals surface area contributed by atoms with Gasteiger partial charge in [-0.05, 0) is 30.5 Å². The molecule has 1 rings (SSSR count). The summed E-state index contributed by atoms with van der Waals surface area (Å²) >= 11 is 0. The molecule has 0 heterocycles. The van der Waals surface area contributed by atoms with Crippen LogP contribution in [0.5, 0.6) is 0 Å². The molecule has 2 atom stereocenters. The predicted octanol–water partition coefficient (Wildman–Crippen LogP) is 3.13. The molecule has 2 unspecified atom stereocenters. The second-order valence-electron chi connectivity index (χ2n) is 4.24. The minimum atomic E-state index is -0.907. The van der Waals surface area contributed by atoms with Crippen LogP contribution in [-0.4, -0.2) is 17.1 Å². The quantitative estimate of drug-likeness (QED) is 0.801.